The average Bonchev–Trinajstić information content (AvgIpc) is 2.22. The van der Waals surface area contributed by atoms with Crippen molar-refractivity contribution in [3.8, 4) is 0 Å². The molecule has 0 saturated carbocycles. The fraction of sp³-hybridized carbons (Fsp3) is 0.200. The Hall–Kier alpha value is -1.06. The normalized spacial score (nSPS) is 10.6. The molecule has 0 N–H and O–H groups in total. The Bertz CT molecular complexity index is 391. The minimum absolute atomic E-state index is 0.0885. The molecule has 0 fully saturated rings. The molecule has 0 atom stereocenters. The quantitative estimate of drug-likeness (QED) is 0.464. The SMILES string of the molecule is CO/N=C\CC(=O)c1ccc(Cl)c(Cl)c1. The van der Waals surface area contributed by atoms with Gasteiger partial charge in [-0.15, -0.1) is 0 Å². The molecule has 0 spiro atoms. The third-order valence-electron chi connectivity index (χ3n) is 1.70. The van der Waals surface area contributed by atoms with E-state index in [0.29, 0.717) is 15.6 Å². The van der Waals surface area contributed by atoms with Crippen LogP contribution in [0.5, 0.6) is 0 Å². The molecule has 0 radical (unpaired) electrons. The van der Waals surface area contributed by atoms with Crippen molar-refractivity contribution in [1.82, 2.24) is 0 Å². The van der Waals surface area contributed by atoms with Gasteiger partial charge in [0.15, 0.2) is 5.78 Å². The van der Waals surface area contributed by atoms with Crippen molar-refractivity contribution >= 4 is 35.2 Å². The molecule has 15 heavy (non-hydrogen) atoms. The number of nitrogens with zero attached hydrogens (tertiary/aromatic N) is 1. The molecule has 0 aliphatic carbocycles. The molecule has 3 nitrogen and oxygen atoms in total. The van der Waals surface area contributed by atoms with E-state index >= 15 is 0 Å². The first-order valence-electron chi connectivity index (χ1n) is 4.18. The van der Waals surface area contributed by atoms with Crippen molar-refractivity contribution in [2.75, 3.05) is 7.11 Å². The molecule has 1 aromatic rings. The van der Waals surface area contributed by atoms with Gasteiger partial charge in [-0.2, -0.15) is 0 Å². The minimum atomic E-state index is -0.0885. The van der Waals surface area contributed by atoms with Crippen molar-refractivity contribution in [3.05, 3.63) is 33.8 Å². The summed E-state index contributed by atoms with van der Waals surface area (Å²) in [6.07, 6.45) is 1.57. The number of oxime groups is 1. The number of carbonyl (C=O) groups excluding carboxylic acids is 1. The Morgan fingerprint density at radius 2 is 2.20 bits per heavy atom. The molecule has 5 heteroatoms. The highest BCUT2D eigenvalue weighted by Gasteiger charge is 2.06. The maximum Gasteiger partial charge on any atom is 0.168 e. The number of rotatable bonds is 4. The number of benzene rings is 1. The summed E-state index contributed by atoms with van der Waals surface area (Å²) >= 11 is 11.5. The zero-order valence-electron chi connectivity index (χ0n) is 8.04. The van der Waals surface area contributed by atoms with Crippen LogP contribution in [0.25, 0.3) is 0 Å². The monoisotopic (exact) mass is 245 g/mol. The molecule has 0 aromatic heterocycles. The van der Waals surface area contributed by atoms with Crippen LogP contribution in [0.15, 0.2) is 23.4 Å². The average molecular weight is 246 g/mol. The van der Waals surface area contributed by atoms with Gasteiger partial charge in [0.25, 0.3) is 0 Å². The largest absolute Gasteiger partial charge is 0.399 e. The summed E-state index contributed by atoms with van der Waals surface area (Å²) in [4.78, 5) is 16.0. The van der Waals surface area contributed by atoms with Crippen LogP contribution in [0, 0.1) is 0 Å². The fourth-order valence-electron chi connectivity index (χ4n) is 0.982. The Labute approximate surface area is 97.6 Å². The Morgan fingerprint density at radius 3 is 2.80 bits per heavy atom. The summed E-state index contributed by atoms with van der Waals surface area (Å²) in [5, 5.41) is 4.27. The maximum atomic E-state index is 11.5. The van der Waals surface area contributed by atoms with E-state index in [2.05, 4.69) is 9.99 Å². The highest BCUT2D eigenvalue weighted by atomic mass is 35.5. The van der Waals surface area contributed by atoms with Crippen molar-refractivity contribution < 1.29 is 9.63 Å². The van der Waals surface area contributed by atoms with E-state index in [1.54, 1.807) is 12.1 Å². The minimum Gasteiger partial charge on any atom is -0.399 e. The maximum absolute atomic E-state index is 11.5. The first-order chi connectivity index (χ1) is 7.15. The molecule has 0 amide bonds. The van der Waals surface area contributed by atoms with E-state index in [-0.39, 0.29) is 12.2 Å². The van der Waals surface area contributed by atoms with E-state index in [9.17, 15) is 4.79 Å². The van der Waals surface area contributed by atoms with Gasteiger partial charge in [0.05, 0.1) is 16.3 Å². The number of Topliss-reactive ketones (excluding diaryl/α,β-unsaturated/α-hetero) is 1. The predicted molar refractivity (Wildman–Crippen MR) is 60.9 cm³/mol. The Morgan fingerprint density at radius 1 is 1.47 bits per heavy atom. The number of halogens is 2. The summed E-state index contributed by atoms with van der Waals surface area (Å²) in [5.41, 5.74) is 0.506. The smallest absolute Gasteiger partial charge is 0.168 e. The van der Waals surface area contributed by atoms with Crippen LogP contribution >= 0.6 is 23.2 Å². The van der Waals surface area contributed by atoms with Crippen LogP contribution < -0.4 is 0 Å². The number of hydrogen-bond donors (Lipinski definition) is 0. The number of carbonyl (C=O) groups is 1. The summed E-state index contributed by atoms with van der Waals surface area (Å²) in [5.74, 6) is -0.0885. The zero-order valence-corrected chi connectivity index (χ0v) is 9.55. The Kier molecular flexibility index (Phi) is 4.59. The van der Waals surface area contributed by atoms with Gasteiger partial charge in [0, 0.05) is 12.0 Å². The van der Waals surface area contributed by atoms with Gasteiger partial charge in [0.1, 0.15) is 7.11 Å². The molecule has 0 saturated heterocycles. The summed E-state index contributed by atoms with van der Waals surface area (Å²) in [6, 6.07) is 4.74. The molecule has 1 rings (SSSR count). The van der Waals surface area contributed by atoms with Gasteiger partial charge in [0.2, 0.25) is 0 Å². The lowest BCUT2D eigenvalue weighted by Gasteiger charge is -1.99. The van der Waals surface area contributed by atoms with Crippen molar-refractivity contribution in [1.29, 1.82) is 0 Å². The molecular formula is C10H9Cl2NO2. The molecule has 80 valence electrons. The molecule has 0 aliphatic rings. The first-order valence-corrected chi connectivity index (χ1v) is 4.94. The van der Waals surface area contributed by atoms with Gasteiger partial charge in [-0.3, -0.25) is 4.79 Å². The summed E-state index contributed by atoms with van der Waals surface area (Å²) < 4.78 is 0. The molecular weight excluding hydrogens is 237 g/mol. The van der Waals surface area contributed by atoms with Gasteiger partial charge in [-0.05, 0) is 18.2 Å². The first kappa shape index (κ1) is 12.0. The fourth-order valence-corrected chi connectivity index (χ4v) is 1.28. The predicted octanol–water partition coefficient (Wildman–Crippen LogP) is 3.20. The van der Waals surface area contributed by atoms with Crippen LogP contribution in [0.1, 0.15) is 16.8 Å². The summed E-state index contributed by atoms with van der Waals surface area (Å²) in [6.45, 7) is 0. The third kappa shape index (κ3) is 3.53. The topological polar surface area (TPSA) is 38.7 Å². The second-order valence-electron chi connectivity index (χ2n) is 2.73. The van der Waals surface area contributed by atoms with E-state index in [4.69, 9.17) is 23.2 Å². The molecule has 0 aliphatic heterocycles. The van der Waals surface area contributed by atoms with Crippen molar-refractivity contribution in [2.45, 2.75) is 6.42 Å². The number of hydrogen-bond acceptors (Lipinski definition) is 3. The Balaban J connectivity index is 2.74. The van der Waals surface area contributed by atoms with Gasteiger partial charge >= 0.3 is 0 Å². The van der Waals surface area contributed by atoms with Crippen LogP contribution in [0.4, 0.5) is 0 Å². The second kappa shape index (κ2) is 5.73. The zero-order chi connectivity index (χ0) is 11.3. The third-order valence-corrected chi connectivity index (χ3v) is 2.44. The van der Waals surface area contributed by atoms with Crippen LogP contribution in [0.2, 0.25) is 10.0 Å². The molecule has 0 bridgehead atoms. The number of ketones is 1. The van der Waals surface area contributed by atoms with Crippen LogP contribution in [-0.4, -0.2) is 19.1 Å². The van der Waals surface area contributed by atoms with Gasteiger partial charge < -0.3 is 4.84 Å². The molecule has 0 heterocycles. The lowest BCUT2D eigenvalue weighted by atomic mass is 10.1. The molecule has 0 unspecified atom stereocenters. The van der Waals surface area contributed by atoms with Crippen LogP contribution in [0.3, 0.4) is 0 Å². The lowest BCUT2D eigenvalue weighted by Crippen LogP contribution is -1.99. The van der Waals surface area contributed by atoms with Crippen LogP contribution in [-0.2, 0) is 4.84 Å². The van der Waals surface area contributed by atoms with E-state index in [0.717, 1.165) is 0 Å². The highest BCUT2D eigenvalue weighted by molar-refractivity contribution is 6.42. The standard InChI is InChI=1S/C10H9Cl2NO2/c1-15-13-5-4-10(14)7-2-3-8(11)9(12)6-7/h2-3,5-6H,4H2,1H3/b13-5-. The van der Waals surface area contributed by atoms with Gasteiger partial charge in [-0.1, -0.05) is 28.4 Å². The van der Waals surface area contributed by atoms with Crippen molar-refractivity contribution in [3.63, 3.8) is 0 Å². The highest BCUT2D eigenvalue weighted by Crippen LogP contribution is 2.22. The van der Waals surface area contributed by atoms with E-state index < -0.39 is 0 Å². The van der Waals surface area contributed by atoms with Gasteiger partial charge in [-0.25, -0.2) is 0 Å². The molecule has 1 aromatic carbocycles. The van der Waals surface area contributed by atoms with E-state index in [1.165, 1.54) is 19.4 Å². The van der Waals surface area contributed by atoms with Crippen molar-refractivity contribution in [2.24, 2.45) is 5.16 Å². The summed E-state index contributed by atoms with van der Waals surface area (Å²) in [7, 11) is 1.42. The lowest BCUT2D eigenvalue weighted by molar-refractivity contribution is 0.1000. The second-order valence-corrected chi connectivity index (χ2v) is 3.54. The van der Waals surface area contributed by atoms with E-state index in [1.807, 2.05) is 0 Å².